The lowest BCUT2D eigenvalue weighted by atomic mass is 9.95. The van der Waals surface area contributed by atoms with Crippen molar-refractivity contribution in [3.8, 4) is 22.4 Å². The van der Waals surface area contributed by atoms with E-state index in [9.17, 15) is 0 Å². The fourth-order valence-corrected chi connectivity index (χ4v) is 8.56. The molecule has 0 aliphatic rings. The molecule has 0 saturated carbocycles. The first-order valence-corrected chi connectivity index (χ1v) is 14.7. The Hall–Kier alpha value is -4.13. The number of aromatic nitrogens is 1. The molecule has 0 N–H and O–H groups in total. The summed E-state index contributed by atoms with van der Waals surface area (Å²) in [5, 5.41) is 3.74. The summed E-state index contributed by atoms with van der Waals surface area (Å²) >= 11 is 0. The molecule has 0 saturated heterocycles. The zero-order valence-corrected chi connectivity index (χ0v) is 22.8. The molecule has 6 rings (SSSR count). The average molecular weight is 512 g/mol. The third-order valence-electron chi connectivity index (χ3n) is 7.51. The van der Waals surface area contributed by atoms with Crippen LogP contribution in [0.25, 0.3) is 33.3 Å². The summed E-state index contributed by atoms with van der Waals surface area (Å²) in [5.41, 5.74) is 7.95. The van der Waals surface area contributed by atoms with Crippen LogP contribution < -0.4 is 15.9 Å². The van der Waals surface area contributed by atoms with Gasteiger partial charge in [-0.25, -0.2) is 0 Å². The summed E-state index contributed by atoms with van der Waals surface area (Å²) in [7, 11) is -1.08. The fraction of sp³-hybridized carbons (Fsp3) is 0.0857. The molecule has 0 spiro atoms. The van der Waals surface area contributed by atoms with E-state index in [1.54, 1.807) is 0 Å². The van der Waals surface area contributed by atoms with Crippen molar-refractivity contribution in [2.24, 2.45) is 7.05 Å². The van der Waals surface area contributed by atoms with Gasteiger partial charge in [-0.05, 0) is 31.0 Å². The highest BCUT2D eigenvalue weighted by Gasteiger charge is 2.34. The van der Waals surface area contributed by atoms with E-state index in [0.717, 1.165) is 43.8 Å². The van der Waals surface area contributed by atoms with Crippen LogP contribution in [0.2, 0.25) is 0 Å². The van der Waals surface area contributed by atoms with Crippen molar-refractivity contribution in [1.29, 1.82) is 0 Å². The fourth-order valence-electron chi connectivity index (χ4n) is 5.62. The molecule has 38 heavy (non-hydrogen) atoms. The van der Waals surface area contributed by atoms with E-state index in [0.29, 0.717) is 0 Å². The van der Waals surface area contributed by atoms with Gasteiger partial charge in [0.15, 0.2) is 7.14 Å². The van der Waals surface area contributed by atoms with E-state index in [4.69, 9.17) is 0 Å². The normalized spacial score (nSPS) is 11.7. The van der Waals surface area contributed by atoms with Gasteiger partial charge in [0, 0.05) is 45.0 Å². The first-order chi connectivity index (χ1) is 18.5. The van der Waals surface area contributed by atoms with Gasteiger partial charge in [0.1, 0.15) is 0 Å². The van der Waals surface area contributed by atoms with Crippen LogP contribution in [0.5, 0.6) is 0 Å². The molecule has 0 amide bonds. The predicted octanol–water partition coefficient (Wildman–Crippen LogP) is 7.77. The Morgan fingerprint density at radius 1 is 0.579 bits per heavy atom. The average Bonchev–Trinajstić information content (AvgIpc) is 3.25. The SMILES string of the molecule is Cc1ccc(-c2c(-c3c(C)cccc3P(=O)(c3ccccc3)c3ccccc3)n(C)c3ccccc23)cc1. The topological polar surface area (TPSA) is 22.0 Å². The molecular formula is C35H30NOP. The van der Waals surface area contributed by atoms with E-state index in [1.807, 2.05) is 66.7 Å². The Kier molecular flexibility index (Phi) is 6.14. The molecule has 0 fully saturated rings. The molecule has 0 atom stereocenters. The first kappa shape index (κ1) is 24.2. The minimum Gasteiger partial charge on any atom is -0.343 e. The Bertz CT molecular complexity index is 1760. The lowest BCUT2D eigenvalue weighted by molar-refractivity contribution is 0.592. The standard InChI is InChI=1S/C35H30NOP/c1-25-21-23-27(24-22-25)34-30-18-10-11-19-31(30)36(3)35(34)33-26(2)13-12-20-32(33)38(37,28-14-6-4-7-15-28)29-16-8-5-9-17-29/h4-24H,1-3H3. The van der Waals surface area contributed by atoms with Crippen molar-refractivity contribution in [3.05, 3.63) is 139 Å². The third kappa shape index (κ3) is 3.85. The van der Waals surface area contributed by atoms with Crippen LogP contribution in [0.1, 0.15) is 11.1 Å². The molecule has 1 heterocycles. The molecule has 0 bridgehead atoms. The second kappa shape index (κ2) is 9.63. The van der Waals surface area contributed by atoms with Crippen LogP contribution in [-0.4, -0.2) is 4.57 Å². The Morgan fingerprint density at radius 2 is 1.16 bits per heavy atom. The third-order valence-corrected chi connectivity index (χ3v) is 10.6. The van der Waals surface area contributed by atoms with E-state index >= 15 is 4.57 Å². The zero-order chi connectivity index (χ0) is 26.3. The van der Waals surface area contributed by atoms with Gasteiger partial charge in [0.2, 0.25) is 0 Å². The zero-order valence-electron chi connectivity index (χ0n) is 21.9. The van der Waals surface area contributed by atoms with Gasteiger partial charge >= 0.3 is 0 Å². The van der Waals surface area contributed by atoms with Gasteiger partial charge < -0.3 is 9.13 Å². The quantitative estimate of drug-likeness (QED) is 0.217. The van der Waals surface area contributed by atoms with E-state index < -0.39 is 7.14 Å². The predicted molar refractivity (Wildman–Crippen MR) is 163 cm³/mol. The van der Waals surface area contributed by atoms with E-state index in [-0.39, 0.29) is 0 Å². The van der Waals surface area contributed by atoms with Gasteiger partial charge in [0.05, 0.1) is 5.69 Å². The summed E-state index contributed by atoms with van der Waals surface area (Å²) in [6.07, 6.45) is 0. The second-order valence-electron chi connectivity index (χ2n) is 9.92. The van der Waals surface area contributed by atoms with Gasteiger partial charge in [0.25, 0.3) is 0 Å². The summed E-state index contributed by atoms with van der Waals surface area (Å²) in [5.74, 6) is 0. The van der Waals surface area contributed by atoms with Crippen molar-refractivity contribution < 1.29 is 4.57 Å². The van der Waals surface area contributed by atoms with Crippen LogP contribution in [0.15, 0.2) is 127 Å². The van der Waals surface area contributed by atoms with Crippen LogP contribution in [0.4, 0.5) is 0 Å². The summed E-state index contributed by atoms with van der Waals surface area (Å²) < 4.78 is 17.8. The number of rotatable bonds is 5. The van der Waals surface area contributed by atoms with Crippen molar-refractivity contribution in [2.45, 2.75) is 13.8 Å². The lowest BCUT2D eigenvalue weighted by Gasteiger charge is -2.25. The highest BCUT2D eigenvalue weighted by Crippen LogP contribution is 2.48. The second-order valence-corrected chi connectivity index (χ2v) is 12.6. The number of hydrogen-bond donors (Lipinski definition) is 0. The molecule has 0 unspecified atom stereocenters. The van der Waals surface area contributed by atoms with Crippen molar-refractivity contribution in [3.63, 3.8) is 0 Å². The highest BCUT2D eigenvalue weighted by atomic mass is 31.2. The van der Waals surface area contributed by atoms with Crippen LogP contribution in [-0.2, 0) is 11.6 Å². The molecule has 3 heteroatoms. The first-order valence-electron chi connectivity index (χ1n) is 13.0. The molecule has 0 aliphatic heterocycles. The number of fused-ring (bicyclic) bond motifs is 1. The van der Waals surface area contributed by atoms with Crippen LogP contribution in [0, 0.1) is 13.8 Å². The summed E-state index contributed by atoms with van der Waals surface area (Å²) in [6.45, 7) is 4.25. The monoisotopic (exact) mass is 511 g/mol. The number of hydrogen-bond acceptors (Lipinski definition) is 1. The van der Waals surface area contributed by atoms with Gasteiger partial charge in [-0.3, -0.25) is 0 Å². The number of para-hydroxylation sites is 1. The number of aryl methyl sites for hydroxylation is 3. The van der Waals surface area contributed by atoms with Crippen LogP contribution >= 0.6 is 7.14 Å². The van der Waals surface area contributed by atoms with Crippen LogP contribution in [0.3, 0.4) is 0 Å². The molecule has 1 aromatic heterocycles. The number of benzene rings is 5. The van der Waals surface area contributed by atoms with Crippen molar-refractivity contribution in [2.75, 3.05) is 0 Å². The van der Waals surface area contributed by atoms with Gasteiger partial charge in [-0.15, -0.1) is 0 Å². The highest BCUT2D eigenvalue weighted by molar-refractivity contribution is 7.85. The van der Waals surface area contributed by atoms with Crippen molar-refractivity contribution in [1.82, 2.24) is 4.57 Å². The molecule has 0 aliphatic carbocycles. The molecular weight excluding hydrogens is 481 g/mol. The maximum Gasteiger partial charge on any atom is 0.171 e. The Morgan fingerprint density at radius 3 is 1.79 bits per heavy atom. The minimum absolute atomic E-state index is 0.841. The summed E-state index contributed by atoms with van der Waals surface area (Å²) in [4.78, 5) is 0. The largest absolute Gasteiger partial charge is 0.343 e. The molecule has 6 aromatic rings. The Labute approximate surface area is 224 Å². The maximum atomic E-state index is 15.6. The van der Waals surface area contributed by atoms with Gasteiger partial charge in [-0.2, -0.15) is 0 Å². The van der Waals surface area contributed by atoms with E-state index in [2.05, 4.69) is 86.1 Å². The number of nitrogens with zero attached hydrogens (tertiary/aromatic N) is 1. The van der Waals surface area contributed by atoms with E-state index in [1.165, 1.54) is 16.5 Å². The summed E-state index contributed by atoms with van der Waals surface area (Å²) in [6, 6.07) is 43.4. The van der Waals surface area contributed by atoms with Crippen molar-refractivity contribution >= 4 is 34.0 Å². The molecule has 2 nitrogen and oxygen atoms in total. The minimum atomic E-state index is -3.20. The molecule has 5 aromatic carbocycles. The smallest absolute Gasteiger partial charge is 0.171 e. The lowest BCUT2D eigenvalue weighted by Crippen LogP contribution is -2.27. The Balaban J connectivity index is 1.75. The van der Waals surface area contributed by atoms with Gasteiger partial charge in [-0.1, -0.05) is 127 Å². The molecule has 186 valence electrons. The molecule has 0 radical (unpaired) electrons. The maximum absolute atomic E-state index is 15.6.